The third kappa shape index (κ3) is 9.06. The van der Waals surface area contributed by atoms with Gasteiger partial charge < -0.3 is 23.8 Å². The van der Waals surface area contributed by atoms with Crippen LogP contribution in [0.4, 0.5) is 5.82 Å². The van der Waals surface area contributed by atoms with Crippen molar-refractivity contribution in [2.24, 2.45) is 0 Å². The molecule has 0 saturated carbocycles. The first kappa shape index (κ1) is 35.6. The number of carbonyl (C=O) groups excluding carboxylic acids is 1. The Morgan fingerprint density at radius 3 is 1.73 bits per heavy atom. The van der Waals surface area contributed by atoms with Crippen molar-refractivity contribution >= 4 is 19.3 Å². The van der Waals surface area contributed by atoms with E-state index in [9.17, 15) is 14.2 Å². The quantitative estimate of drug-likeness (QED) is 0.0815. The van der Waals surface area contributed by atoms with Crippen molar-refractivity contribution in [3.63, 3.8) is 0 Å². The molecule has 11 heteroatoms. The van der Waals surface area contributed by atoms with Gasteiger partial charge in [-0.3, -0.25) is 13.9 Å². The minimum Gasteiger partial charge on any atom is -0.361 e. The molecule has 1 heterocycles. The third-order valence-corrected chi connectivity index (χ3v) is 9.47. The number of benzene rings is 4. The molecule has 0 bridgehead atoms. The molecule has 1 amide bonds. The molecule has 5 rings (SSSR count). The van der Waals surface area contributed by atoms with E-state index in [-0.39, 0.29) is 44.4 Å². The van der Waals surface area contributed by atoms with Crippen LogP contribution in [0.25, 0.3) is 0 Å². The molecule has 0 aliphatic carbocycles. The highest BCUT2D eigenvalue weighted by molar-refractivity contribution is 7.53. The van der Waals surface area contributed by atoms with Crippen LogP contribution in [0.3, 0.4) is 0 Å². The lowest BCUT2D eigenvalue weighted by atomic mass is 9.80. The third-order valence-electron chi connectivity index (χ3n) is 7.70. The Balaban J connectivity index is 1.48. The van der Waals surface area contributed by atoms with Gasteiger partial charge in [0.05, 0.1) is 32.5 Å². The van der Waals surface area contributed by atoms with Crippen LogP contribution in [-0.4, -0.2) is 47.7 Å². The van der Waals surface area contributed by atoms with Gasteiger partial charge in [0.25, 0.3) is 5.91 Å². The molecule has 0 fully saturated rings. The Hall–Kier alpha value is -4.70. The number of nitrogens with zero attached hydrogens (tertiary/aromatic N) is 2. The summed E-state index contributed by atoms with van der Waals surface area (Å²) in [5.74, 6) is -0.279. The van der Waals surface area contributed by atoms with Crippen molar-refractivity contribution in [1.82, 2.24) is 9.55 Å². The summed E-state index contributed by atoms with van der Waals surface area (Å²) in [6, 6.07) is 39.8. The molecule has 254 valence electrons. The fourth-order valence-corrected chi connectivity index (χ4v) is 6.88. The number of aromatic nitrogens is 2. The van der Waals surface area contributed by atoms with Gasteiger partial charge in [0.15, 0.2) is 0 Å². The SMILES string of the molecule is CCOP(=O)(CO[C@H](COC(c1ccccc1)(c1ccccc1)c1ccccc1)Cn1ccc(NC(=O)c2ccccc2)nc1=O)OCC. The normalized spacial score (nSPS) is 12.4. The molecule has 1 atom stereocenters. The maximum Gasteiger partial charge on any atom is 0.356 e. The fraction of sp³-hybridized carbons (Fsp3) is 0.237. The molecule has 0 saturated heterocycles. The zero-order valence-electron chi connectivity index (χ0n) is 27.5. The molecule has 49 heavy (non-hydrogen) atoms. The molecule has 10 nitrogen and oxygen atoms in total. The van der Waals surface area contributed by atoms with E-state index < -0.39 is 25.0 Å². The smallest absolute Gasteiger partial charge is 0.356 e. The van der Waals surface area contributed by atoms with Crippen molar-refractivity contribution in [2.75, 3.05) is 31.5 Å². The van der Waals surface area contributed by atoms with Crippen LogP contribution in [0.2, 0.25) is 0 Å². The molecule has 1 aromatic heterocycles. The zero-order chi connectivity index (χ0) is 34.5. The van der Waals surface area contributed by atoms with E-state index in [1.54, 1.807) is 38.1 Å². The highest BCUT2D eigenvalue weighted by Gasteiger charge is 2.38. The van der Waals surface area contributed by atoms with E-state index in [1.807, 2.05) is 97.1 Å². The van der Waals surface area contributed by atoms with Crippen LogP contribution in [-0.2, 0) is 35.2 Å². The summed E-state index contributed by atoms with van der Waals surface area (Å²) in [5.41, 5.74) is 1.42. The maximum absolute atomic E-state index is 13.4. The molecule has 1 N–H and O–H groups in total. The van der Waals surface area contributed by atoms with E-state index in [0.717, 1.165) is 16.7 Å². The average Bonchev–Trinajstić information content (AvgIpc) is 3.13. The van der Waals surface area contributed by atoms with Crippen molar-refractivity contribution < 1.29 is 27.9 Å². The summed E-state index contributed by atoms with van der Waals surface area (Å²) in [6.07, 6.45) is 0.356. The zero-order valence-corrected chi connectivity index (χ0v) is 28.4. The predicted octanol–water partition coefficient (Wildman–Crippen LogP) is 7.11. The monoisotopic (exact) mass is 681 g/mol. The molecule has 0 unspecified atom stereocenters. The largest absolute Gasteiger partial charge is 0.361 e. The van der Waals surface area contributed by atoms with Crippen molar-refractivity contribution in [2.45, 2.75) is 32.1 Å². The van der Waals surface area contributed by atoms with Crippen LogP contribution in [0.15, 0.2) is 138 Å². The molecular weight excluding hydrogens is 641 g/mol. The molecule has 0 aliphatic heterocycles. The summed E-state index contributed by atoms with van der Waals surface area (Å²) in [7, 11) is -3.61. The van der Waals surface area contributed by atoms with Crippen molar-refractivity contribution in [3.05, 3.63) is 166 Å². The standard InChI is InChI=1S/C38H40N3O7P/c1-3-47-49(44,48-4-2)29-45-34(27-41-26-25-35(40-37(41)43)39-36(42)30-17-9-5-10-18-30)28-46-38(31-19-11-6-12-20-31,32-21-13-7-14-22-32)33-23-15-8-16-24-33/h5-26,34H,3-4,27-29H2,1-2H3,(H,39,40,42,43)/t34-/m0/s1. The second kappa shape index (κ2) is 17.1. The predicted molar refractivity (Wildman–Crippen MR) is 189 cm³/mol. The van der Waals surface area contributed by atoms with Gasteiger partial charge in [-0.05, 0) is 48.7 Å². The van der Waals surface area contributed by atoms with Gasteiger partial charge in [0.1, 0.15) is 17.8 Å². The van der Waals surface area contributed by atoms with Crippen LogP contribution >= 0.6 is 7.60 Å². The van der Waals surface area contributed by atoms with Gasteiger partial charge in [-0.15, -0.1) is 0 Å². The molecular formula is C38H40N3O7P. The lowest BCUT2D eigenvalue weighted by Crippen LogP contribution is -2.39. The molecule has 5 aromatic rings. The number of hydrogen-bond donors (Lipinski definition) is 1. The Kier molecular flexibility index (Phi) is 12.4. The number of ether oxygens (including phenoxy) is 2. The minimum absolute atomic E-state index is 0.00849. The maximum atomic E-state index is 13.4. The van der Waals surface area contributed by atoms with Gasteiger partial charge in [0.2, 0.25) is 0 Å². The van der Waals surface area contributed by atoms with Crippen LogP contribution in [0.5, 0.6) is 0 Å². The van der Waals surface area contributed by atoms with E-state index in [4.69, 9.17) is 18.5 Å². The van der Waals surface area contributed by atoms with E-state index in [1.165, 1.54) is 16.8 Å². The minimum atomic E-state index is -3.61. The molecule has 4 aromatic carbocycles. The first-order chi connectivity index (χ1) is 23.9. The van der Waals surface area contributed by atoms with E-state index in [2.05, 4.69) is 10.3 Å². The topological polar surface area (TPSA) is 118 Å². The van der Waals surface area contributed by atoms with Gasteiger partial charge in [-0.25, -0.2) is 4.79 Å². The number of anilines is 1. The van der Waals surface area contributed by atoms with Gasteiger partial charge >= 0.3 is 13.3 Å². The first-order valence-corrected chi connectivity index (χ1v) is 17.8. The van der Waals surface area contributed by atoms with E-state index >= 15 is 0 Å². The first-order valence-electron chi connectivity index (χ1n) is 16.1. The molecule has 0 radical (unpaired) electrons. The lowest BCUT2D eigenvalue weighted by Gasteiger charge is -2.37. The van der Waals surface area contributed by atoms with Crippen molar-refractivity contribution in [3.8, 4) is 0 Å². The van der Waals surface area contributed by atoms with Crippen LogP contribution in [0, 0.1) is 0 Å². The summed E-state index contributed by atoms with van der Waals surface area (Å²) in [5, 5.41) is 2.66. The highest BCUT2D eigenvalue weighted by Crippen LogP contribution is 2.48. The van der Waals surface area contributed by atoms with Crippen LogP contribution in [0.1, 0.15) is 40.9 Å². The summed E-state index contributed by atoms with van der Waals surface area (Å²) < 4.78 is 39.0. The average molecular weight is 682 g/mol. The lowest BCUT2D eigenvalue weighted by molar-refractivity contribution is -0.0639. The Labute approximate surface area is 286 Å². The number of hydrogen-bond acceptors (Lipinski definition) is 8. The summed E-state index contributed by atoms with van der Waals surface area (Å²) >= 11 is 0. The van der Waals surface area contributed by atoms with Crippen molar-refractivity contribution in [1.29, 1.82) is 0 Å². The fourth-order valence-electron chi connectivity index (χ4n) is 5.48. The highest BCUT2D eigenvalue weighted by atomic mass is 31.2. The molecule has 0 spiro atoms. The number of carbonyl (C=O) groups is 1. The Morgan fingerprint density at radius 2 is 1.27 bits per heavy atom. The number of rotatable bonds is 17. The summed E-state index contributed by atoms with van der Waals surface area (Å²) in [4.78, 5) is 30.0. The Morgan fingerprint density at radius 1 is 0.776 bits per heavy atom. The number of nitrogens with one attached hydrogen (secondary N) is 1. The Bertz CT molecular complexity index is 1770. The molecule has 0 aliphatic rings. The van der Waals surface area contributed by atoms with Crippen LogP contribution < -0.4 is 11.0 Å². The van der Waals surface area contributed by atoms with Gasteiger partial charge in [-0.2, -0.15) is 4.98 Å². The van der Waals surface area contributed by atoms with E-state index in [0.29, 0.717) is 5.56 Å². The van der Waals surface area contributed by atoms with Gasteiger partial charge in [0, 0.05) is 11.8 Å². The second-order valence-electron chi connectivity index (χ2n) is 11.0. The van der Waals surface area contributed by atoms with Gasteiger partial charge in [-0.1, -0.05) is 109 Å². The second-order valence-corrected chi connectivity index (χ2v) is 13.0. The summed E-state index contributed by atoms with van der Waals surface area (Å²) in [6.45, 7) is 3.75. The number of amides is 1.